The first-order valence-corrected chi connectivity index (χ1v) is 5.27. The first-order valence-electron chi connectivity index (χ1n) is 4.33. The molecule has 0 aliphatic carbocycles. The molecule has 0 fully saturated rings. The van der Waals surface area contributed by atoms with Crippen LogP contribution in [0.2, 0.25) is 0 Å². The van der Waals surface area contributed by atoms with Gasteiger partial charge in [0.2, 0.25) is 0 Å². The van der Waals surface area contributed by atoms with Crippen molar-refractivity contribution >= 4 is 11.3 Å². The van der Waals surface area contributed by atoms with Gasteiger partial charge in [-0.05, 0) is 0 Å². The zero-order valence-corrected chi connectivity index (χ0v) is 8.44. The molecule has 1 aromatic rings. The molecule has 3 nitrogen and oxygen atoms in total. The van der Waals surface area contributed by atoms with Crippen molar-refractivity contribution in [2.45, 2.75) is 6.54 Å². The van der Waals surface area contributed by atoms with Gasteiger partial charge in [-0.2, -0.15) is 0 Å². The second kappa shape index (κ2) is 6.77. The lowest BCUT2D eigenvalue weighted by Crippen LogP contribution is -2.27. The molecule has 0 unspecified atom stereocenters. The van der Waals surface area contributed by atoms with E-state index in [2.05, 4.69) is 27.6 Å². The molecular formula is C9H15N3S. The van der Waals surface area contributed by atoms with Crippen LogP contribution >= 0.6 is 11.3 Å². The van der Waals surface area contributed by atoms with Gasteiger partial charge in [0, 0.05) is 31.6 Å². The van der Waals surface area contributed by atoms with Gasteiger partial charge in [0.25, 0.3) is 0 Å². The van der Waals surface area contributed by atoms with Crippen molar-refractivity contribution in [3.05, 3.63) is 29.2 Å². The van der Waals surface area contributed by atoms with Crippen LogP contribution in [-0.2, 0) is 6.54 Å². The summed E-state index contributed by atoms with van der Waals surface area (Å²) >= 11 is 1.63. The molecule has 0 radical (unpaired) electrons. The van der Waals surface area contributed by atoms with Crippen molar-refractivity contribution in [2.75, 3.05) is 19.6 Å². The van der Waals surface area contributed by atoms with Crippen LogP contribution in [0.1, 0.15) is 5.69 Å². The molecule has 72 valence electrons. The average Bonchev–Trinajstić information content (AvgIpc) is 2.63. The van der Waals surface area contributed by atoms with Crippen LogP contribution in [0.5, 0.6) is 0 Å². The number of nitrogens with one attached hydrogen (secondary N) is 2. The zero-order valence-electron chi connectivity index (χ0n) is 7.62. The van der Waals surface area contributed by atoms with Crippen LogP contribution in [-0.4, -0.2) is 24.6 Å². The Bertz CT molecular complexity index is 221. The minimum absolute atomic E-state index is 0.860. The van der Waals surface area contributed by atoms with Crippen molar-refractivity contribution < 1.29 is 0 Å². The predicted molar refractivity (Wildman–Crippen MR) is 56.9 cm³/mol. The fourth-order valence-corrected chi connectivity index (χ4v) is 1.48. The largest absolute Gasteiger partial charge is 0.312 e. The molecule has 0 saturated carbocycles. The molecule has 0 saturated heterocycles. The Hall–Kier alpha value is -0.710. The van der Waals surface area contributed by atoms with Gasteiger partial charge in [-0.1, -0.05) is 6.08 Å². The molecular weight excluding hydrogens is 182 g/mol. The maximum Gasteiger partial charge on any atom is 0.0795 e. The zero-order chi connectivity index (χ0) is 9.36. The molecule has 0 amide bonds. The Morgan fingerprint density at radius 2 is 2.31 bits per heavy atom. The second-order valence-corrected chi connectivity index (χ2v) is 3.37. The van der Waals surface area contributed by atoms with Gasteiger partial charge in [-0.25, -0.2) is 4.98 Å². The molecule has 0 spiro atoms. The van der Waals surface area contributed by atoms with Gasteiger partial charge in [-0.15, -0.1) is 17.9 Å². The predicted octanol–water partition coefficient (Wildman–Crippen LogP) is 1.01. The highest BCUT2D eigenvalue weighted by Crippen LogP contribution is 1.98. The van der Waals surface area contributed by atoms with E-state index in [1.54, 1.807) is 11.3 Å². The first-order chi connectivity index (χ1) is 6.43. The van der Waals surface area contributed by atoms with Gasteiger partial charge in [0.05, 0.1) is 11.2 Å². The smallest absolute Gasteiger partial charge is 0.0795 e. The summed E-state index contributed by atoms with van der Waals surface area (Å²) in [6.07, 6.45) is 1.86. The van der Waals surface area contributed by atoms with E-state index >= 15 is 0 Å². The normalized spacial score (nSPS) is 10.2. The standard InChI is InChI=1S/C9H15N3S/c1-2-3-10-4-5-11-6-9-7-13-8-12-9/h2,7-8,10-11H,1,3-6H2. The summed E-state index contributed by atoms with van der Waals surface area (Å²) in [5, 5.41) is 8.57. The maximum atomic E-state index is 4.17. The van der Waals surface area contributed by atoms with Crippen molar-refractivity contribution in [1.29, 1.82) is 0 Å². The third-order valence-electron chi connectivity index (χ3n) is 1.56. The van der Waals surface area contributed by atoms with Crippen LogP contribution in [0.15, 0.2) is 23.5 Å². The van der Waals surface area contributed by atoms with Crippen LogP contribution in [0.3, 0.4) is 0 Å². The van der Waals surface area contributed by atoms with Crippen molar-refractivity contribution in [2.24, 2.45) is 0 Å². The molecule has 4 heteroatoms. The summed E-state index contributed by atoms with van der Waals surface area (Å²) in [4.78, 5) is 4.17. The summed E-state index contributed by atoms with van der Waals surface area (Å²) < 4.78 is 0. The highest BCUT2D eigenvalue weighted by molar-refractivity contribution is 7.07. The topological polar surface area (TPSA) is 37.0 Å². The number of aromatic nitrogens is 1. The molecule has 0 aliphatic rings. The van der Waals surface area contributed by atoms with Crippen molar-refractivity contribution in [3.8, 4) is 0 Å². The minimum atomic E-state index is 0.860. The van der Waals surface area contributed by atoms with Gasteiger partial charge in [0.15, 0.2) is 0 Å². The summed E-state index contributed by atoms with van der Waals surface area (Å²) in [5.74, 6) is 0. The maximum absolute atomic E-state index is 4.17. The molecule has 13 heavy (non-hydrogen) atoms. The number of hydrogen-bond acceptors (Lipinski definition) is 4. The molecule has 0 atom stereocenters. The average molecular weight is 197 g/mol. The third-order valence-corrected chi connectivity index (χ3v) is 2.19. The third kappa shape index (κ3) is 4.77. The number of thiazole rings is 1. The van der Waals surface area contributed by atoms with Crippen LogP contribution in [0, 0.1) is 0 Å². The fourth-order valence-electron chi connectivity index (χ4n) is 0.922. The first kappa shape index (κ1) is 10.4. The van der Waals surface area contributed by atoms with E-state index in [-0.39, 0.29) is 0 Å². The van der Waals surface area contributed by atoms with E-state index in [0.717, 1.165) is 31.9 Å². The highest BCUT2D eigenvalue weighted by Gasteiger charge is 1.92. The van der Waals surface area contributed by atoms with Gasteiger partial charge >= 0.3 is 0 Å². The molecule has 0 bridgehead atoms. The lowest BCUT2D eigenvalue weighted by Gasteiger charge is -2.02. The Kier molecular flexibility index (Phi) is 5.40. The Morgan fingerprint density at radius 1 is 1.46 bits per heavy atom. The van der Waals surface area contributed by atoms with E-state index in [1.165, 1.54) is 0 Å². The number of nitrogens with zero attached hydrogens (tertiary/aromatic N) is 1. The molecule has 2 N–H and O–H groups in total. The van der Waals surface area contributed by atoms with E-state index in [1.807, 2.05) is 11.6 Å². The van der Waals surface area contributed by atoms with Crippen molar-refractivity contribution in [3.63, 3.8) is 0 Å². The summed E-state index contributed by atoms with van der Waals surface area (Å²) in [6.45, 7) is 7.29. The lowest BCUT2D eigenvalue weighted by atomic mass is 10.4. The second-order valence-electron chi connectivity index (χ2n) is 2.65. The summed E-state index contributed by atoms with van der Waals surface area (Å²) in [7, 11) is 0. The van der Waals surface area contributed by atoms with Gasteiger partial charge < -0.3 is 10.6 Å². The van der Waals surface area contributed by atoms with E-state index < -0.39 is 0 Å². The quantitative estimate of drug-likeness (QED) is 0.506. The van der Waals surface area contributed by atoms with E-state index in [4.69, 9.17) is 0 Å². The number of rotatable bonds is 7. The molecule has 1 heterocycles. The Labute approximate surface area is 82.9 Å². The SMILES string of the molecule is C=CCNCCNCc1cscn1. The van der Waals surface area contributed by atoms with Crippen LogP contribution in [0.25, 0.3) is 0 Å². The van der Waals surface area contributed by atoms with Crippen LogP contribution in [0.4, 0.5) is 0 Å². The summed E-state index contributed by atoms with van der Waals surface area (Å²) in [5.41, 5.74) is 2.97. The fraction of sp³-hybridized carbons (Fsp3) is 0.444. The van der Waals surface area contributed by atoms with Crippen molar-refractivity contribution in [1.82, 2.24) is 15.6 Å². The molecule has 0 aromatic carbocycles. The minimum Gasteiger partial charge on any atom is -0.312 e. The Morgan fingerprint density at radius 3 is 3.00 bits per heavy atom. The number of hydrogen-bond donors (Lipinski definition) is 2. The monoisotopic (exact) mass is 197 g/mol. The van der Waals surface area contributed by atoms with E-state index in [9.17, 15) is 0 Å². The molecule has 0 aliphatic heterocycles. The lowest BCUT2D eigenvalue weighted by molar-refractivity contribution is 0.630. The Balaban J connectivity index is 1.93. The van der Waals surface area contributed by atoms with E-state index in [0.29, 0.717) is 0 Å². The molecule has 1 rings (SSSR count). The highest BCUT2D eigenvalue weighted by atomic mass is 32.1. The summed E-state index contributed by atoms with van der Waals surface area (Å²) in [6, 6.07) is 0. The van der Waals surface area contributed by atoms with Gasteiger partial charge in [0.1, 0.15) is 0 Å². The van der Waals surface area contributed by atoms with Gasteiger partial charge in [-0.3, -0.25) is 0 Å². The van der Waals surface area contributed by atoms with Crippen LogP contribution < -0.4 is 10.6 Å². The molecule has 1 aromatic heterocycles.